The van der Waals surface area contributed by atoms with Crippen molar-refractivity contribution in [1.29, 1.82) is 0 Å². The maximum absolute atomic E-state index is 5.82. The van der Waals surface area contributed by atoms with Gasteiger partial charge in [0.15, 0.2) is 0 Å². The van der Waals surface area contributed by atoms with Crippen LogP contribution >= 0.6 is 11.6 Å². The number of hydrogen-bond donors (Lipinski definition) is 0. The van der Waals surface area contributed by atoms with E-state index in [-0.39, 0.29) is 20.1 Å². The maximum atomic E-state index is 5.82. The molecule has 1 rings (SSSR count). The van der Waals surface area contributed by atoms with Crippen LogP contribution in [0.5, 0.6) is 0 Å². The molecule has 0 aromatic rings. The molecule has 0 nitrogen and oxygen atoms in total. The molecule has 0 aromatic heterocycles. The molecule has 0 aliphatic heterocycles. The van der Waals surface area contributed by atoms with Crippen molar-refractivity contribution in [3.8, 4) is 0 Å². The third-order valence-electron chi connectivity index (χ3n) is 1.42. The number of allylic oxidation sites excluding steroid dienone is 4. The number of rotatable bonds is 0. The predicted molar refractivity (Wildman–Crippen MR) is 41.5 cm³/mol. The van der Waals surface area contributed by atoms with E-state index in [4.69, 9.17) is 11.6 Å². The Morgan fingerprint density at radius 1 is 1.10 bits per heavy atom. The molecule has 2 heteroatoms. The van der Waals surface area contributed by atoms with Crippen molar-refractivity contribution >= 4 is 11.6 Å². The van der Waals surface area contributed by atoms with Gasteiger partial charge in [-0.3, -0.25) is 0 Å². The molecule has 0 bridgehead atoms. The summed E-state index contributed by atoms with van der Waals surface area (Å²) in [5.74, 6) is 0. The molecule has 0 spiro atoms. The van der Waals surface area contributed by atoms with Crippen molar-refractivity contribution < 1.29 is 20.1 Å². The van der Waals surface area contributed by atoms with E-state index in [9.17, 15) is 0 Å². The van der Waals surface area contributed by atoms with Crippen molar-refractivity contribution in [1.82, 2.24) is 0 Å². The second kappa shape index (κ2) is 6.15. The fourth-order valence-electron chi connectivity index (χ4n) is 0.895. The van der Waals surface area contributed by atoms with Crippen LogP contribution in [0, 0.1) is 0 Å². The van der Waals surface area contributed by atoms with Gasteiger partial charge in [-0.05, 0) is 25.7 Å². The Hall–Kier alpha value is 0.419. The van der Waals surface area contributed by atoms with Crippen LogP contribution in [0.3, 0.4) is 0 Å². The van der Waals surface area contributed by atoms with Gasteiger partial charge in [-0.25, -0.2) is 0 Å². The van der Waals surface area contributed by atoms with Crippen LogP contribution in [0.2, 0.25) is 0 Å². The third-order valence-corrected chi connectivity index (χ3v) is 1.76. The molecule has 0 N–H and O–H groups in total. The second-order valence-electron chi connectivity index (χ2n) is 2.24. The summed E-state index contributed by atoms with van der Waals surface area (Å²) in [7, 11) is 0. The topological polar surface area (TPSA) is 0 Å². The van der Waals surface area contributed by atoms with E-state index < -0.39 is 0 Å². The normalized spacial score (nSPS) is 26.7. The van der Waals surface area contributed by atoms with Gasteiger partial charge in [0.05, 0.1) is 0 Å². The Labute approximate surface area is 80.7 Å². The van der Waals surface area contributed by atoms with Crippen molar-refractivity contribution in [2.24, 2.45) is 0 Å². The maximum Gasteiger partial charge on any atom is 0.0144 e. The van der Waals surface area contributed by atoms with E-state index in [0.29, 0.717) is 0 Å². The van der Waals surface area contributed by atoms with Gasteiger partial charge in [0.25, 0.3) is 0 Å². The average molecular weight is 335 g/mol. The van der Waals surface area contributed by atoms with Gasteiger partial charge < -0.3 is 0 Å². The van der Waals surface area contributed by atoms with Crippen molar-refractivity contribution in [2.45, 2.75) is 25.7 Å². The molecule has 0 amide bonds. The molecular formula is C8H11ClIr. The molecule has 59 valence electrons. The van der Waals surface area contributed by atoms with Crippen LogP contribution in [-0.2, 0) is 20.1 Å². The van der Waals surface area contributed by atoms with Gasteiger partial charge in [-0.1, -0.05) is 29.8 Å². The first-order valence-corrected chi connectivity index (χ1v) is 3.77. The fourth-order valence-corrected chi connectivity index (χ4v) is 1.11. The first kappa shape index (κ1) is 10.4. The molecule has 1 aliphatic rings. The SMILES string of the molecule is Cl/C1=C/CC/C=C\CC1.[Ir]. The van der Waals surface area contributed by atoms with E-state index in [1.165, 1.54) is 0 Å². The summed E-state index contributed by atoms with van der Waals surface area (Å²) in [4.78, 5) is 0. The third kappa shape index (κ3) is 4.27. The standard InChI is InChI=1S/C8H11Cl.Ir/c9-8-6-4-2-1-3-5-7-8;/h1-2,7H,3-6H2;/b2-1-,8-7+;. The summed E-state index contributed by atoms with van der Waals surface area (Å²) in [5.41, 5.74) is 0. The minimum Gasteiger partial charge on any atom is -0.0895 e. The second-order valence-corrected chi connectivity index (χ2v) is 2.72. The summed E-state index contributed by atoms with van der Waals surface area (Å²) >= 11 is 5.82. The Kier molecular flexibility index (Phi) is 6.41. The molecule has 0 fully saturated rings. The first-order chi connectivity index (χ1) is 4.39. The summed E-state index contributed by atoms with van der Waals surface area (Å²) in [5, 5.41) is 1.03. The van der Waals surface area contributed by atoms with Gasteiger partial charge in [0, 0.05) is 25.1 Å². The van der Waals surface area contributed by atoms with Gasteiger partial charge in [0.1, 0.15) is 0 Å². The summed E-state index contributed by atoms with van der Waals surface area (Å²) in [6.07, 6.45) is 10.9. The Bertz CT molecular complexity index is 138. The molecule has 0 atom stereocenters. The van der Waals surface area contributed by atoms with Crippen LogP contribution in [-0.4, -0.2) is 0 Å². The molecule has 1 radical (unpaired) electrons. The zero-order valence-corrected chi connectivity index (χ0v) is 8.92. The summed E-state index contributed by atoms with van der Waals surface area (Å²) < 4.78 is 0. The molecule has 0 saturated carbocycles. The Morgan fingerprint density at radius 3 is 2.60 bits per heavy atom. The molecule has 1 aliphatic carbocycles. The van der Waals surface area contributed by atoms with Gasteiger partial charge in [-0.2, -0.15) is 0 Å². The minimum atomic E-state index is 0. The van der Waals surface area contributed by atoms with E-state index >= 15 is 0 Å². The van der Waals surface area contributed by atoms with E-state index in [0.717, 1.165) is 30.7 Å². The quantitative estimate of drug-likeness (QED) is 0.597. The van der Waals surface area contributed by atoms with Crippen molar-refractivity contribution in [3.63, 3.8) is 0 Å². The smallest absolute Gasteiger partial charge is 0.0144 e. The molecule has 10 heavy (non-hydrogen) atoms. The van der Waals surface area contributed by atoms with Crippen LogP contribution in [0.15, 0.2) is 23.3 Å². The summed E-state index contributed by atoms with van der Waals surface area (Å²) in [6, 6.07) is 0. The van der Waals surface area contributed by atoms with Crippen molar-refractivity contribution in [2.75, 3.05) is 0 Å². The largest absolute Gasteiger partial charge is 0.0895 e. The first-order valence-electron chi connectivity index (χ1n) is 3.39. The number of halogens is 1. The van der Waals surface area contributed by atoms with Crippen LogP contribution in [0.4, 0.5) is 0 Å². The fraction of sp³-hybridized carbons (Fsp3) is 0.500. The zero-order chi connectivity index (χ0) is 6.53. The zero-order valence-electron chi connectivity index (χ0n) is 5.77. The van der Waals surface area contributed by atoms with Gasteiger partial charge in [0.2, 0.25) is 0 Å². The molecule has 0 unspecified atom stereocenters. The summed E-state index contributed by atoms with van der Waals surface area (Å²) in [6.45, 7) is 0. The van der Waals surface area contributed by atoms with Gasteiger partial charge in [-0.15, -0.1) is 0 Å². The van der Waals surface area contributed by atoms with E-state index in [2.05, 4.69) is 18.2 Å². The number of hydrogen-bond acceptors (Lipinski definition) is 0. The molecule has 0 aromatic carbocycles. The van der Waals surface area contributed by atoms with E-state index in [1.54, 1.807) is 0 Å². The van der Waals surface area contributed by atoms with Gasteiger partial charge >= 0.3 is 0 Å². The van der Waals surface area contributed by atoms with Crippen LogP contribution in [0.1, 0.15) is 25.7 Å². The van der Waals surface area contributed by atoms with Crippen molar-refractivity contribution in [3.05, 3.63) is 23.3 Å². The molecule has 0 heterocycles. The van der Waals surface area contributed by atoms with Crippen LogP contribution in [0.25, 0.3) is 0 Å². The van der Waals surface area contributed by atoms with E-state index in [1.807, 2.05) is 0 Å². The molecule has 0 saturated heterocycles. The predicted octanol–water partition coefficient (Wildman–Crippen LogP) is 3.24. The van der Waals surface area contributed by atoms with Crippen LogP contribution < -0.4 is 0 Å². The Morgan fingerprint density at radius 2 is 1.80 bits per heavy atom. The molecular weight excluding hydrogens is 324 g/mol. The Balaban J connectivity index is 0.000000810. The minimum absolute atomic E-state index is 0. The monoisotopic (exact) mass is 335 g/mol. The average Bonchev–Trinajstić information content (AvgIpc) is 1.79.